The van der Waals surface area contributed by atoms with Crippen LogP contribution < -0.4 is 20.9 Å². The summed E-state index contributed by atoms with van der Waals surface area (Å²) in [5, 5.41) is 12.8. The third kappa shape index (κ3) is 10.5. The summed E-state index contributed by atoms with van der Waals surface area (Å²) < 4.78 is 42.5. The minimum absolute atomic E-state index is 0.0456. The van der Waals surface area contributed by atoms with Crippen LogP contribution in [0.1, 0.15) is 27.0 Å². The van der Waals surface area contributed by atoms with Crippen molar-refractivity contribution >= 4 is 41.2 Å². The molecule has 3 N–H and O–H groups in total. The third-order valence-electron chi connectivity index (χ3n) is 5.05. The van der Waals surface area contributed by atoms with Gasteiger partial charge in [-0.1, -0.05) is 45.7 Å². The Balaban J connectivity index is 2.33. The van der Waals surface area contributed by atoms with Gasteiger partial charge >= 0.3 is 19.4 Å². The molecule has 0 aliphatic heterocycles. The highest BCUT2D eigenvalue weighted by Gasteiger charge is 2.39. The predicted octanol–water partition coefficient (Wildman–Crippen LogP) is 2.52. The van der Waals surface area contributed by atoms with Gasteiger partial charge in [0, 0.05) is 24.7 Å². The molecule has 218 valence electrons. The van der Waals surface area contributed by atoms with Crippen molar-refractivity contribution in [3.05, 3.63) is 63.4 Å². The summed E-state index contributed by atoms with van der Waals surface area (Å²) in [4.78, 5) is 38.5. The maximum Gasteiger partial charge on any atom is 0.459 e. The third-order valence-corrected chi connectivity index (χ3v) is 7.42. The molecule has 16 heteroatoms. The van der Waals surface area contributed by atoms with Crippen molar-refractivity contribution in [3.63, 3.8) is 0 Å². The van der Waals surface area contributed by atoms with Crippen molar-refractivity contribution in [1.29, 1.82) is 0 Å². The van der Waals surface area contributed by atoms with Crippen LogP contribution in [0, 0.1) is 0 Å². The molecular weight excluding hydrogens is 625 g/mol. The number of aliphatic hydroxyl groups excluding tert-OH is 1. The second-order valence-corrected chi connectivity index (χ2v) is 11.2. The standard InChI is InChI=1S/C23H32BrClN3O10P/c1-14(2)36-22(31)20(15(3)34-4)27-39(33,38-16-8-6-5-7-9-16)35-13-17(21(25)30)37-19(12-24)28-11-10-18(29)26-23(28)32/h5-11,14-15,17,19-21,30H,12-13H2,1-4H3,(H,27,33)(H,26,29,32)/t15-,17-,19-,20+,21-,39?/m1/s1. The summed E-state index contributed by atoms with van der Waals surface area (Å²) in [6, 6.07) is 7.87. The molecule has 0 saturated carbocycles. The van der Waals surface area contributed by atoms with Crippen molar-refractivity contribution < 1.29 is 37.7 Å². The number of nitrogens with one attached hydrogen (secondary N) is 2. The van der Waals surface area contributed by atoms with Crippen LogP contribution in [-0.2, 0) is 28.1 Å². The molecule has 0 spiro atoms. The van der Waals surface area contributed by atoms with Crippen LogP contribution in [0.25, 0.3) is 0 Å². The first kappa shape index (κ1) is 33.2. The van der Waals surface area contributed by atoms with E-state index in [9.17, 15) is 24.1 Å². The number of ether oxygens (including phenoxy) is 3. The summed E-state index contributed by atoms with van der Waals surface area (Å²) in [7, 11) is -3.04. The number of carbonyl (C=O) groups is 1. The van der Waals surface area contributed by atoms with E-state index in [0.717, 1.165) is 10.6 Å². The van der Waals surface area contributed by atoms with Crippen molar-refractivity contribution in [2.75, 3.05) is 19.0 Å². The minimum Gasteiger partial charge on any atom is -0.462 e. The lowest BCUT2D eigenvalue weighted by Crippen LogP contribution is -2.47. The van der Waals surface area contributed by atoms with E-state index in [1.54, 1.807) is 39.0 Å². The van der Waals surface area contributed by atoms with Gasteiger partial charge in [0.25, 0.3) is 5.56 Å². The first-order valence-corrected chi connectivity index (χ1v) is 14.8. The summed E-state index contributed by atoms with van der Waals surface area (Å²) in [5.41, 5.74) is -3.06. The summed E-state index contributed by atoms with van der Waals surface area (Å²) in [6.07, 6.45) is -2.50. The van der Waals surface area contributed by atoms with E-state index >= 15 is 0 Å². The average Bonchev–Trinajstić information content (AvgIpc) is 2.87. The van der Waals surface area contributed by atoms with E-state index in [1.807, 2.05) is 0 Å². The maximum absolute atomic E-state index is 13.9. The van der Waals surface area contributed by atoms with E-state index in [-0.39, 0.29) is 11.1 Å². The number of esters is 1. The Kier molecular flexibility index (Phi) is 13.3. The topological polar surface area (TPSA) is 167 Å². The van der Waals surface area contributed by atoms with E-state index in [1.165, 1.54) is 25.4 Å². The molecule has 0 aliphatic rings. The number of hydrogen-bond donors (Lipinski definition) is 3. The molecule has 0 fully saturated rings. The highest BCUT2D eigenvalue weighted by molar-refractivity contribution is 9.09. The van der Waals surface area contributed by atoms with Crippen molar-refractivity contribution in [2.45, 2.75) is 56.9 Å². The SMILES string of the molecule is CO[C@H](C)[C@H](NP(=O)(OC[C@@H](O[C@H](CBr)n1ccc(=O)[nH]c1=O)[C@@H](O)Cl)Oc1ccccc1)C(=O)OC(C)C. The van der Waals surface area contributed by atoms with Gasteiger partial charge in [-0.15, -0.1) is 0 Å². The number of halogens is 2. The quantitative estimate of drug-likeness (QED) is 0.138. The zero-order valence-electron chi connectivity index (χ0n) is 21.7. The zero-order chi connectivity index (χ0) is 29.2. The maximum atomic E-state index is 13.9. The molecule has 1 unspecified atom stereocenters. The number of aliphatic hydroxyl groups is 1. The monoisotopic (exact) mass is 655 g/mol. The van der Waals surface area contributed by atoms with Gasteiger partial charge < -0.3 is 23.8 Å². The van der Waals surface area contributed by atoms with E-state index in [2.05, 4.69) is 26.0 Å². The Labute approximate surface area is 238 Å². The second kappa shape index (κ2) is 15.7. The number of aromatic nitrogens is 2. The van der Waals surface area contributed by atoms with Gasteiger partial charge in [0.2, 0.25) is 0 Å². The number of methoxy groups -OCH3 is 1. The summed E-state index contributed by atoms with van der Waals surface area (Å²) in [5.74, 6) is -0.613. The number of alkyl halides is 2. The first-order chi connectivity index (χ1) is 18.4. The normalized spacial score (nSPS) is 17.0. The van der Waals surface area contributed by atoms with Gasteiger partial charge in [-0.25, -0.2) is 9.36 Å². The van der Waals surface area contributed by atoms with E-state index in [4.69, 9.17) is 34.9 Å². The average molecular weight is 657 g/mol. The predicted molar refractivity (Wildman–Crippen MR) is 146 cm³/mol. The Hall–Kier alpha value is -2.03. The molecule has 1 aromatic carbocycles. The fraction of sp³-hybridized carbons (Fsp3) is 0.522. The van der Waals surface area contributed by atoms with Crippen LogP contribution in [0.5, 0.6) is 5.75 Å². The Morgan fingerprint density at radius 2 is 1.87 bits per heavy atom. The second-order valence-electron chi connectivity index (χ2n) is 8.40. The van der Waals surface area contributed by atoms with Crippen molar-refractivity contribution in [2.24, 2.45) is 0 Å². The van der Waals surface area contributed by atoms with Gasteiger partial charge in [-0.05, 0) is 32.9 Å². The van der Waals surface area contributed by atoms with E-state index < -0.39 is 67.7 Å². The molecule has 0 saturated heterocycles. The molecule has 2 aromatic rings. The van der Waals surface area contributed by atoms with Gasteiger partial charge in [0.05, 0.1) is 18.8 Å². The van der Waals surface area contributed by atoms with E-state index in [0.29, 0.717) is 0 Å². The fourth-order valence-electron chi connectivity index (χ4n) is 3.06. The first-order valence-electron chi connectivity index (χ1n) is 11.7. The zero-order valence-corrected chi connectivity index (χ0v) is 24.9. The molecule has 0 aliphatic carbocycles. The smallest absolute Gasteiger partial charge is 0.459 e. The lowest BCUT2D eigenvalue weighted by Gasteiger charge is -2.30. The van der Waals surface area contributed by atoms with Gasteiger partial charge in [0.15, 0.2) is 5.56 Å². The molecule has 0 bridgehead atoms. The van der Waals surface area contributed by atoms with Crippen LogP contribution in [0.4, 0.5) is 0 Å². The molecule has 39 heavy (non-hydrogen) atoms. The summed E-state index contributed by atoms with van der Waals surface area (Å²) in [6.45, 7) is 4.25. The van der Waals surface area contributed by atoms with Crippen molar-refractivity contribution in [3.8, 4) is 5.75 Å². The molecule has 1 aromatic heterocycles. The lowest BCUT2D eigenvalue weighted by molar-refractivity contribution is -0.152. The Morgan fingerprint density at radius 1 is 1.21 bits per heavy atom. The molecule has 1 heterocycles. The Morgan fingerprint density at radius 3 is 2.41 bits per heavy atom. The lowest BCUT2D eigenvalue weighted by atomic mass is 10.2. The molecule has 0 radical (unpaired) electrons. The van der Waals surface area contributed by atoms with Crippen LogP contribution in [-0.4, -0.2) is 69.6 Å². The number of carbonyl (C=O) groups excluding carboxylic acids is 1. The number of aromatic amines is 1. The number of benzene rings is 1. The number of nitrogens with zero attached hydrogens (tertiary/aromatic N) is 1. The molecular formula is C23H32BrClN3O10P. The van der Waals surface area contributed by atoms with Gasteiger partial charge in [-0.3, -0.25) is 23.7 Å². The molecule has 2 rings (SSSR count). The van der Waals surface area contributed by atoms with Crippen LogP contribution in [0.3, 0.4) is 0 Å². The highest BCUT2D eigenvalue weighted by Crippen LogP contribution is 2.45. The molecule has 13 nitrogen and oxygen atoms in total. The van der Waals surface area contributed by atoms with Crippen LogP contribution in [0.15, 0.2) is 52.2 Å². The fourth-order valence-corrected chi connectivity index (χ4v) is 5.23. The number of H-pyrrole nitrogens is 1. The van der Waals surface area contributed by atoms with Crippen LogP contribution >= 0.6 is 35.3 Å². The minimum atomic E-state index is -4.40. The highest BCUT2D eigenvalue weighted by atomic mass is 79.9. The largest absolute Gasteiger partial charge is 0.462 e. The number of hydrogen-bond acceptors (Lipinski definition) is 10. The van der Waals surface area contributed by atoms with Gasteiger partial charge in [-0.2, -0.15) is 5.09 Å². The Bertz CT molecular complexity index is 1210. The van der Waals surface area contributed by atoms with Gasteiger partial charge in [0.1, 0.15) is 24.1 Å². The van der Waals surface area contributed by atoms with Crippen LogP contribution in [0.2, 0.25) is 0 Å². The number of rotatable bonds is 16. The summed E-state index contributed by atoms with van der Waals surface area (Å²) >= 11 is 9.13. The number of para-hydroxylation sites is 1. The molecule has 6 atom stereocenters. The van der Waals surface area contributed by atoms with Crippen molar-refractivity contribution in [1.82, 2.24) is 14.6 Å². The molecule has 0 amide bonds.